The van der Waals surface area contributed by atoms with Gasteiger partial charge in [0.05, 0.1) is 11.3 Å². The van der Waals surface area contributed by atoms with Gasteiger partial charge >= 0.3 is 0 Å². The number of imidazole rings is 1. The quantitative estimate of drug-likeness (QED) is 0.813. The van der Waals surface area contributed by atoms with E-state index in [-0.39, 0.29) is 5.91 Å². The van der Waals surface area contributed by atoms with Gasteiger partial charge in [0.15, 0.2) is 0 Å². The Morgan fingerprint density at radius 2 is 1.96 bits per heavy atom. The van der Waals surface area contributed by atoms with Crippen LogP contribution in [-0.4, -0.2) is 61.0 Å². The van der Waals surface area contributed by atoms with Gasteiger partial charge in [-0.1, -0.05) is 19.3 Å². The van der Waals surface area contributed by atoms with Crippen molar-refractivity contribution in [2.45, 2.75) is 39.0 Å². The molecular weight excluding hydrogens is 338 g/mol. The Hall–Kier alpha value is -2.08. The number of pyridine rings is 1. The van der Waals surface area contributed by atoms with E-state index in [2.05, 4.69) is 33.5 Å². The first-order valence-corrected chi connectivity index (χ1v) is 10.1. The minimum absolute atomic E-state index is 0.0361. The molecular formula is C21H33N5O. The zero-order valence-corrected chi connectivity index (χ0v) is 17.2. The lowest BCUT2D eigenvalue weighted by molar-refractivity contribution is 0.0950. The number of carbonyl (C=O) groups is 1. The van der Waals surface area contributed by atoms with E-state index in [0.29, 0.717) is 12.1 Å². The third-order valence-electron chi connectivity index (χ3n) is 5.49. The van der Waals surface area contributed by atoms with Gasteiger partial charge in [0.2, 0.25) is 0 Å². The van der Waals surface area contributed by atoms with Crippen LogP contribution in [0.25, 0.3) is 5.65 Å². The predicted octanol–water partition coefficient (Wildman–Crippen LogP) is 2.95. The first-order chi connectivity index (χ1) is 13.0. The van der Waals surface area contributed by atoms with Crippen LogP contribution in [0.2, 0.25) is 0 Å². The second kappa shape index (κ2) is 8.74. The number of nitrogens with one attached hydrogen (secondary N) is 1. The molecule has 3 rings (SSSR count). The Labute approximate surface area is 162 Å². The molecule has 1 amide bonds. The monoisotopic (exact) mass is 371 g/mol. The number of likely N-dealkylation sites (N-methyl/N-ethyl adjacent to an activating group) is 1. The molecule has 0 unspecified atom stereocenters. The Kier molecular flexibility index (Phi) is 6.37. The summed E-state index contributed by atoms with van der Waals surface area (Å²) in [6.45, 7) is 4.57. The minimum Gasteiger partial charge on any atom is -0.359 e. The molecule has 2 heterocycles. The summed E-state index contributed by atoms with van der Waals surface area (Å²) in [7, 11) is 6.15. The standard InChI is InChI=1S/C21H33N5O/c1-16-21(25(4)14-17-8-6-5-7-9-17)26-15-18(10-11-19(26)23-16)20(27)22-12-13-24(2)3/h10-11,15,17H,5-9,12-14H2,1-4H3,(H,22,27). The van der Waals surface area contributed by atoms with Gasteiger partial charge in [-0.15, -0.1) is 0 Å². The maximum absolute atomic E-state index is 12.5. The molecule has 0 radical (unpaired) electrons. The Morgan fingerprint density at radius 1 is 1.22 bits per heavy atom. The summed E-state index contributed by atoms with van der Waals surface area (Å²) in [5.41, 5.74) is 2.58. The molecule has 2 aromatic heterocycles. The highest BCUT2D eigenvalue weighted by Crippen LogP contribution is 2.28. The predicted molar refractivity (Wildman–Crippen MR) is 111 cm³/mol. The van der Waals surface area contributed by atoms with Crippen molar-refractivity contribution in [1.29, 1.82) is 0 Å². The van der Waals surface area contributed by atoms with Crippen molar-refractivity contribution < 1.29 is 4.79 Å². The summed E-state index contributed by atoms with van der Waals surface area (Å²) >= 11 is 0. The molecule has 6 nitrogen and oxygen atoms in total. The normalized spacial score (nSPS) is 15.4. The molecule has 1 saturated carbocycles. The largest absolute Gasteiger partial charge is 0.359 e. The Bertz CT molecular complexity index is 776. The number of carbonyl (C=O) groups excluding carboxylic acids is 1. The average molecular weight is 372 g/mol. The molecule has 1 aliphatic rings. The second-order valence-corrected chi connectivity index (χ2v) is 8.11. The molecule has 1 aliphatic carbocycles. The smallest absolute Gasteiger partial charge is 0.252 e. The lowest BCUT2D eigenvalue weighted by atomic mass is 9.89. The third kappa shape index (κ3) is 4.80. The van der Waals surface area contributed by atoms with Crippen molar-refractivity contribution in [3.63, 3.8) is 0 Å². The van der Waals surface area contributed by atoms with E-state index in [1.54, 1.807) is 0 Å². The van der Waals surface area contributed by atoms with Crippen LogP contribution >= 0.6 is 0 Å². The Morgan fingerprint density at radius 3 is 2.67 bits per heavy atom. The van der Waals surface area contributed by atoms with E-state index in [9.17, 15) is 4.79 Å². The summed E-state index contributed by atoms with van der Waals surface area (Å²) in [6.07, 6.45) is 8.64. The van der Waals surface area contributed by atoms with E-state index in [4.69, 9.17) is 4.98 Å². The molecule has 148 valence electrons. The van der Waals surface area contributed by atoms with Gasteiger partial charge in [0.25, 0.3) is 5.91 Å². The highest BCUT2D eigenvalue weighted by atomic mass is 16.1. The second-order valence-electron chi connectivity index (χ2n) is 8.11. The molecule has 6 heteroatoms. The topological polar surface area (TPSA) is 52.9 Å². The summed E-state index contributed by atoms with van der Waals surface area (Å²) in [5.74, 6) is 1.82. The number of hydrogen-bond acceptors (Lipinski definition) is 4. The van der Waals surface area contributed by atoms with Crippen LogP contribution < -0.4 is 10.2 Å². The van der Waals surface area contributed by atoms with Crippen LogP contribution in [-0.2, 0) is 0 Å². The van der Waals surface area contributed by atoms with Crippen LogP contribution in [0.5, 0.6) is 0 Å². The van der Waals surface area contributed by atoms with Crippen molar-refractivity contribution in [3.05, 3.63) is 29.6 Å². The summed E-state index contributed by atoms with van der Waals surface area (Å²) < 4.78 is 2.07. The number of nitrogens with zero attached hydrogens (tertiary/aromatic N) is 4. The lowest BCUT2D eigenvalue weighted by Crippen LogP contribution is -2.31. The fourth-order valence-electron chi connectivity index (χ4n) is 4.08. The number of anilines is 1. The van der Waals surface area contributed by atoms with Crippen LogP contribution in [0.15, 0.2) is 18.3 Å². The van der Waals surface area contributed by atoms with Gasteiger partial charge < -0.3 is 15.1 Å². The van der Waals surface area contributed by atoms with E-state index in [0.717, 1.165) is 36.2 Å². The first kappa shape index (κ1) is 19.7. The summed E-state index contributed by atoms with van der Waals surface area (Å²) in [6, 6.07) is 3.80. The minimum atomic E-state index is -0.0361. The molecule has 1 fully saturated rings. The van der Waals surface area contributed by atoms with Gasteiger partial charge in [-0.3, -0.25) is 9.20 Å². The van der Waals surface area contributed by atoms with Crippen molar-refractivity contribution in [1.82, 2.24) is 19.6 Å². The van der Waals surface area contributed by atoms with Gasteiger partial charge in [0.1, 0.15) is 11.5 Å². The van der Waals surface area contributed by atoms with Crippen LogP contribution in [0.4, 0.5) is 5.82 Å². The molecule has 0 spiro atoms. The molecule has 1 N–H and O–H groups in total. The van der Waals surface area contributed by atoms with Crippen molar-refractivity contribution in [2.24, 2.45) is 5.92 Å². The van der Waals surface area contributed by atoms with E-state index < -0.39 is 0 Å². The molecule has 2 aromatic rings. The fourth-order valence-corrected chi connectivity index (χ4v) is 4.08. The fraction of sp³-hybridized carbons (Fsp3) is 0.619. The number of hydrogen-bond donors (Lipinski definition) is 1. The van der Waals surface area contributed by atoms with E-state index in [1.165, 1.54) is 32.1 Å². The van der Waals surface area contributed by atoms with Gasteiger partial charge in [-0.2, -0.15) is 0 Å². The van der Waals surface area contributed by atoms with Gasteiger partial charge in [-0.05, 0) is 51.9 Å². The van der Waals surface area contributed by atoms with Crippen LogP contribution in [0.1, 0.15) is 48.2 Å². The first-order valence-electron chi connectivity index (χ1n) is 10.1. The Balaban J connectivity index is 1.78. The highest BCUT2D eigenvalue weighted by Gasteiger charge is 2.20. The SMILES string of the molecule is Cc1nc2ccc(C(=O)NCCN(C)C)cn2c1N(C)CC1CCCCC1. The number of amides is 1. The zero-order valence-electron chi connectivity index (χ0n) is 17.2. The summed E-state index contributed by atoms with van der Waals surface area (Å²) in [5, 5.41) is 2.99. The maximum Gasteiger partial charge on any atom is 0.252 e. The number of rotatable bonds is 7. The van der Waals surface area contributed by atoms with Crippen LogP contribution in [0, 0.1) is 12.8 Å². The van der Waals surface area contributed by atoms with E-state index in [1.807, 2.05) is 32.4 Å². The molecule has 0 aliphatic heterocycles. The molecule has 0 atom stereocenters. The molecule has 0 saturated heterocycles. The summed E-state index contributed by atoms with van der Waals surface area (Å²) in [4.78, 5) is 21.6. The zero-order chi connectivity index (χ0) is 19.4. The average Bonchev–Trinajstić information content (AvgIpc) is 2.97. The van der Waals surface area contributed by atoms with Crippen LogP contribution in [0.3, 0.4) is 0 Å². The van der Waals surface area contributed by atoms with Gasteiger partial charge in [0, 0.05) is 32.9 Å². The molecule has 0 aromatic carbocycles. The number of fused-ring (bicyclic) bond motifs is 1. The number of aromatic nitrogens is 2. The van der Waals surface area contributed by atoms with Crippen molar-refractivity contribution >= 4 is 17.4 Å². The van der Waals surface area contributed by atoms with Gasteiger partial charge in [-0.25, -0.2) is 4.98 Å². The third-order valence-corrected chi connectivity index (χ3v) is 5.49. The maximum atomic E-state index is 12.5. The van der Waals surface area contributed by atoms with Crippen molar-refractivity contribution in [2.75, 3.05) is 45.7 Å². The molecule has 27 heavy (non-hydrogen) atoms. The highest BCUT2D eigenvalue weighted by molar-refractivity contribution is 5.94. The molecule has 0 bridgehead atoms. The number of aryl methyl sites for hydroxylation is 1. The van der Waals surface area contributed by atoms with E-state index >= 15 is 0 Å². The van der Waals surface area contributed by atoms with Crippen molar-refractivity contribution in [3.8, 4) is 0 Å². The lowest BCUT2D eigenvalue weighted by Gasteiger charge is -2.28.